The van der Waals surface area contributed by atoms with Crippen LogP contribution in [-0.2, 0) is 0 Å². The van der Waals surface area contributed by atoms with Gasteiger partial charge >= 0.3 is 0 Å². The maximum Gasteiger partial charge on any atom is 0.0972 e. The van der Waals surface area contributed by atoms with Gasteiger partial charge in [-0.3, -0.25) is 4.98 Å². The van der Waals surface area contributed by atoms with Crippen molar-refractivity contribution in [3.8, 4) is 78.3 Å². The summed E-state index contributed by atoms with van der Waals surface area (Å²) >= 11 is 0. The fraction of sp³-hybridized carbons (Fsp3) is 0. The van der Waals surface area contributed by atoms with E-state index in [0.29, 0.717) is 0 Å². The molecular weight excluding hydrogens is 679 g/mol. The predicted molar refractivity (Wildman–Crippen MR) is 233 cm³/mol. The van der Waals surface area contributed by atoms with Gasteiger partial charge in [0.2, 0.25) is 0 Å². The Labute approximate surface area is 326 Å². The van der Waals surface area contributed by atoms with E-state index in [1.54, 1.807) is 0 Å². The van der Waals surface area contributed by atoms with Crippen LogP contribution in [0.5, 0.6) is 0 Å². The molecule has 3 heteroatoms. The van der Waals surface area contributed by atoms with Crippen LogP contribution < -0.4 is 0 Å². The van der Waals surface area contributed by atoms with E-state index in [0.717, 1.165) is 100 Å². The summed E-state index contributed by atoms with van der Waals surface area (Å²) in [4.78, 5) is 15.3. The van der Waals surface area contributed by atoms with E-state index >= 15 is 0 Å². The molecule has 10 rings (SSSR count). The lowest BCUT2D eigenvalue weighted by molar-refractivity contribution is 1.32. The van der Waals surface area contributed by atoms with Crippen molar-refractivity contribution in [1.82, 2.24) is 15.0 Å². The number of nitrogens with zero attached hydrogens (tertiary/aromatic N) is 3. The van der Waals surface area contributed by atoms with Gasteiger partial charge in [0.25, 0.3) is 0 Å². The molecule has 3 aromatic heterocycles. The van der Waals surface area contributed by atoms with Crippen LogP contribution in [0, 0.1) is 0 Å². The van der Waals surface area contributed by atoms with Crippen LogP contribution in [0.4, 0.5) is 0 Å². The molecule has 0 atom stereocenters. The van der Waals surface area contributed by atoms with Crippen molar-refractivity contribution in [1.29, 1.82) is 0 Å². The Morgan fingerprint density at radius 3 is 1.18 bits per heavy atom. The molecule has 56 heavy (non-hydrogen) atoms. The third-order valence-corrected chi connectivity index (χ3v) is 10.5. The van der Waals surface area contributed by atoms with Crippen molar-refractivity contribution in [3.05, 3.63) is 212 Å². The van der Waals surface area contributed by atoms with Gasteiger partial charge in [-0.1, -0.05) is 194 Å². The van der Waals surface area contributed by atoms with Gasteiger partial charge in [0, 0.05) is 50.4 Å². The van der Waals surface area contributed by atoms with Crippen LogP contribution in [-0.4, -0.2) is 15.0 Å². The molecule has 262 valence electrons. The van der Waals surface area contributed by atoms with Crippen molar-refractivity contribution >= 4 is 21.8 Å². The molecule has 0 saturated carbocycles. The number of hydrogen-bond acceptors (Lipinski definition) is 3. The summed E-state index contributed by atoms with van der Waals surface area (Å²) in [5, 5.41) is 2.18. The minimum absolute atomic E-state index is 0.923. The van der Waals surface area contributed by atoms with E-state index in [9.17, 15) is 0 Å². The number of aromatic nitrogens is 3. The first-order chi connectivity index (χ1) is 27.8. The molecule has 0 aliphatic heterocycles. The van der Waals surface area contributed by atoms with Crippen molar-refractivity contribution in [3.63, 3.8) is 0 Å². The lowest BCUT2D eigenvalue weighted by Crippen LogP contribution is -2.01. The molecule has 3 heterocycles. The van der Waals surface area contributed by atoms with E-state index in [1.807, 2.05) is 12.3 Å². The zero-order valence-electron chi connectivity index (χ0n) is 30.5. The van der Waals surface area contributed by atoms with E-state index in [2.05, 4.69) is 205 Å². The molecule has 0 aliphatic carbocycles. The van der Waals surface area contributed by atoms with Crippen molar-refractivity contribution < 1.29 is 0 Å². The van der Waals surface area contributed by atoms with Gasteiger partial charge in [-0.05, 0) is 39.9 Å². The molecular formula is C53H35N3. The first-order valence-electron chi connectivity index (χ1n) is 18.9. The highest BCUT2D eigenvalue weighted by molar-refractivity contribution is 6.05. The molecule has 0 N–H and O–H groups in total. The van der Waals surface area contributed by atoms with Crippen LogP contribution in [0.15, 0.2) is 212 Å². The van der Waals surface area contributed by atoms with E-state index < -0.39 is 0 Å². The number of benzene rings is 7. The summed E-state index contributed by atoms with van der Waals surface area (Å²) in [5.74, 6) is 0. The molecule has 0 spiro atoms. The van der Waals surface area contributed by atoms with Gasteiger partial charge in [0.05, 0.1) is 28.1 Å². The smallest absolute Gasteiger partial charge is 0.0972 e. The fourth-order valence-corrected chi connectivity index (χ4v) is 7.80. The van der Waals surface area contributed by atoms with Crippen LogP contribution in [0.1, 0.15) is 0 Å². The highest BCUT2D eigenvalue weighted by Gasteiger charge is 2.25. The Morgan fingerprint density at radius 1 is 0.250 bits per heavy atom. The van der Waals surface area contributed by atoms with E-state index in [4.69, 9.17) is 9.97 Å². The van der Waals surface area contributed by atoms with Crippen molar-refractivity contribution in [2.24, 2.45) is 0 Å². The molecule has 10 aromatic rings. The number of fused-ring (bicyclic) bond motifs is 3. The second kappa shape index (κ2) is 14.4. The summed E-state index contributed by atoms with van der Waals surface area (Å²) in [7, 11) is 0. The maximum atomic E-state index is 5.57. The normalized spacial score (nSPS) is 11.2. The molecule has 3 nitrogen and oxygen atoms in total. The van der Waals surface area contributed by atoms with Gasteiger partial charge < -0.3 is 0 Å². The van der Waals surface area contributed by atoms with Gasteiger partial charge in [-0.2, -0.15) is 0 Å². The molecule has 0 amide bonds. The monoisotopic (exact) mass is 713 g/mol. The van der Waals surface area contributed by atoms with Crippen LogP contribution >= 0.6 is 0 Å². The molecule has 7 aromatic carbocycles. The zero-order valence-corrected chi connectivity index (χ0v) is 30.5. The summed E-state index contributed by atoms with van der Waals surface area (Å²) in [6, 6.07) is 72.8. The fourth-order valence-electron chi connectivity index (χ4n) is 7.80. The lowest BCUT2D eigenvalue weighted by atomic mass is 9.83. The topological polar surface area (TPSA) is 38.7 Å². The molecule has 0 saturated heterocycles. The summed E-state index contributed by atoms with van der Waals surface area (Å²) in [6.07, 6.45) is 1.83. The van der Waals surface area contributed by atoms with Crippen molar-refractivity contribution in [2.45, 2.75) is 0 Å². The van der Waals surface area contributed by atoms with Gasteiger partial charge in [-0.25, -0.2) is 9.97 Å². The Kier molecular flexibility index (Phi) is 8.51. The SMILES string of the molecule is c1ccc(-c2nc(-c3ccccc3)c(-c3ccccc3)c(-c3ccc(-c4ccc(-c5ccc6ccc7cccnc7c6n5)cc4)cc3)c2-c2ccccc2)cc1. The summed E-state index contributed by atoms with van der Waals surface area (Å²) in [5.41, 5.74) is 16.9. The van der Waals surface area contributed by atoms with Gasteiger partial charge in [-0.15, -0.1) is 0 Å². The second-order valence-electron chi connectivity index (χ2n) is 14.0. The van der Waals surface area contributed by atoms with Crippen LogP contribution in [0.2, 0.25) is 0 Å². The quantitative estimate of drug-likeness (QED) is 0.154. The van der Waals surface area contributed by atoms with Gasteiger partial charge in [0.15, 0.2) is 0 Å². The Balaban J connectivity index is 1.12. The summed E-state index contributed by atoms with van der Waals surface area (Å²) in [6.45, 7) is 0. The molecule has 0 bridgehead atoms. The minimum atomic E-state index is 0.923. The average molecular weight is 714 g/mol. The molecule has 0 aliphatic rings. The highest BCUT2D eigenvalue weighted by atomic mass is 14.8. The number of hydrogen-bond donors (Lipinski definition) is 0. The molecule has 0 radical (unpaired) electrons. The Hall–Kier alpha value is -7.49. The first kappa shape index (κ1) is 33.1. The standard InChI is InChI=1S/C53H35N3/c1-5-14-39(15-6-1)48-47(49(40-16-7-2-8-17-40)51(43-20-11-4-12-21-43)56-50(48)42-18-9-3-10-19-42)41-29-25-37(26-30-41)36-23-27-38(28-24-36)46-34-33-45-32-31-44-22-13-35-54-52(44)53(45)55-46/h1-35H. The average Bonchev–Trinajstić information content (AvgIpc) is 3.29. The van der Waals surface area contributed by atoms with Crippen molar-refractivity contribution in [2.75, 3.05) is 0 Å². The minimum Gasteiger partial charge on any atom is -0.254 e. The predicted octanol–water partition coefficient (Wildman–Crippen LogP) is 13.8. The largest absolute Gasteiger partial charge is 0.254 e. The maximum absolute atomic E-state index is 5.57. The third-order valence-electron chi connectivity index (χ3n) is 10.5. The van der Waals surface area contributed by atoms with Gasteiger partial charge in [0.1, 0.15) is 0 Å². The van der Waals surface area contributed by atoms with E-state index in [-0.39, 0.29) is 0 Å². The van der Waals surface area contributed by atoms with E-state index in [1.165, 1.54) is 0 Å². The Morgan fingerprint density at radius 2 is 0.661 bits per heavy atom. The third kappa shape index (κ3) is 6.12. The van der Waals surface area contributed by atoms with Crippen LogP contribution in [0.3, 0.4) is 0 Å². The summed E-state index contributed by atoms with van der Waals surface area (Å²) < 4.78 is 0. The van der Waals surface area contributed by atoms with Crippen LogP contribution in [0.25, 0.3) is 100 Å². The number of rotatable bonds is 7. The second-order valence-corrected chi connectivity index (χ2v) is 14.0. The Bertz CT molecular complexity index is 2860. The molecule has 0 unspecified atom stereocenters. The lowest BCUT2D eigenvalue weighted by Gasteiger charge is -2.23. The highest BCUT2D eigenvalue weighted by Crippen LogP contribution is 2.48. The molecule has 0 fully saturated rings. The number of pyridine rings is 3. The zero-order chi connectivity index (χ0) is 37.3. The first-order valence-corrected chi connectivity index (χ1v) is 18.9.